The van der Waals surface area contributed by atoms with Crippen molar-refractivity contribution in [1.82, 2.24) is 9.97 Å². The Bertz CT molecular complexity index is 1030. The standard InChI is InChI=1S/C16H16ClN3O2S3/c1-9-10(2)24-15-13(9)14(18)19-16(20-15)23-7-8-25(21,22)12-5-3-11(17)4-6-12/h3-6H,7-8H2,1-2H3,(H2,18,19,20). The van der Waals surface area contributed by atoms with Gasteiger partial charge in [-0.1, -0.05) is 23.4 Å². The molecule has 0 bridgehead atoms. The lowest BCUT2D eigenvalue weighted by atomic mass is 10.2. The van der Waals surface area contributed by atoms with Crippen LogP contribution < -0.4 is 5.73 Å². The highest BCUT2D eigenvalue weighted by Gasteiger charge is 2.16. The molecule has 0 aliphatic heterocycles. The maximum Gasteiger partial charge on any atom is 0.190 e. The zero-order valence-electron chi connectivity index (χ0n) is 13.6. The molecule has 5 nitrogen and oxygen atoms in total. The number of rotatable bonds is 5. The number of fused-ring (bicyclic) bond motifs is 1. The molecule has 3 rings (SSSR count). The summed E-state index contributed by atoms with van der Waals surface area (Å²) in [5.74, 6) is 0.775. The quantitative estimate of drug-likeness (QED) is 0.500. The zero-order valence-corrected chi connectivity index (χ0v) is 16.8. The van der Waals surface area contributed by atoms with Gasteiger partial charge in [-0.2, -0.15) is 0 Å². The molecular formula is C16H16ClN3O2S3. The summed E-state index contributed by atoms with van der Waals surface area (Å²) in [5.41, 5.74) is 7.14. The third-order valence-electron chi connectivity index (χ3n) is 3.79. The smallest absolute Gasteiger partial charge is 0.190 e. The number of aromatic nitrogens is 2. The number of sulfone groups is 1. The first-order valence-electron chi connectivity index (χ1n) is 7.42. The maximum absolute atomic E-state index is 12.3. The summed E-state index contributed by atoms with van der Waals surface area (Å²) in [4.78, 5) is 11.1. The number of benzene rings is 1. The predicted octanol–water partition coefficient (Wildman–Crippen LogP) is 4.11. The van der Waals surface area contributed by atoms with Crippen molar-refractivity contribution in [3.63, 3.8) is 0 Å². The van der Waals surface area contributed by atoms with E-state index in [2.05, 4.69) is 9.97 Å². The fourth-order valence-electron chi connectivity index (χ4n) is 2.33. The summed E-state index contributed by atoms with van der Waals surface area (Å²) in [7, 11) is -3.37. The van der Waals surface area contributed by atoms with Gasteiger partial charge in [-0.05, 0) is 43.7 Å². The Kier molecular flexibility index (Phi) is 5.24. The Morgan fingerprint density at radius 1 is 1.20 bits per heavy atom. The molecule has 0 aliphatic carbocycles. The number of thioether (sulfide) groups is 1. The summed E-state index contributed by atoms with van der Waals surface area (Å²) in [6.07, 6.45) is 0. The number of aryl methyl sites for hydroxylation is 2. The number of nitrogens with zero attached hydrogens (tertiary/aromatic N) is 2. The molecule has 0 spiro atoms. The molecule has 132 valence electrons. The van der Waals surface area contributed by atoms with E-state index in [0.717, 1.165) is 20.7 Å². The molecule has 9 heteroatoms. The summed E-state index contributed by atoms with van der Waals surface area (Å²) in [6, 6.07) is 6.17. The van der Waals surface area contributed by atoms with E-state index in [1.807, 2.05) is 13.8 Å². The van der Waals surface area contributed by atoms with Crippen LogP contribution in [0.1, 0.15) is 10.4 Å². The average molecular weight is 414 g/mol. The van der Waals surface area contributed by atoms with E-state index < -0.39 is 9.84 Å². The van der Waals surface area contributed by atoms with Crippen molar-refractivity contribution in [3.05, 3.63) is 39.7 Å². The van der Waals surface area contributed by atoms with Gasteiger partial charge in [0.15, 0.2) is 15.0 Å². The number of thiophene rings is 1. The second-order valence-corrected chi connectivity index (χ2v) is 10.3. The molecular weight excluding hydrogens is 398 g/mol. The lowest BCUT2D eigenvalue weighted by Crippen LogP contribution is -2.09. The minimum absolute atomic E-state index is 0.0108. The fraction of sp³-hybridized carbons (Fsp3) is 0.250. The number of anilines is 1. The van der Waals surface area contributed by atoms with Gasteiger partial charge in [-0.15, -0.1) is 11.3 Å². The molecule has 3 aromatic rings. The third-order valence-corrected chi connectivity index (χ3v) is 7.98. The third kappa shape index (κ3) is 3.92. The predicted molar refractivity (Wildman–Crippen MR) is 106 cm³/mol. The normalized spacial score (nSPS) is 12.0. The minimum Gasteiger partial charge on any atom is -0.383 e. The van der Waals surface area contributed by atoms with Crippen LogP contribution in [0, 0.1) is 13.8 Å². The minimum atomic E-state index is -3.37. The number of hydrogen-bond donors (Lipinski definition) is 1. The topological polar surface area (TPSA) is 85.9 Å². The van der Waals surface area contributed by atoms with Gasteiger partial charge in [0.2, 0.25) is 0 Å². The first kappa shape index (κ1) is 18.4. The molecule has 1 aromatic carbocycles. The van der Waals surface area contributed by atoms with E-state index in [1.54, 1.807) is 23.5 Å². The van der Waals surface area contributed by atoms with Crippen LogP contribution in [0.3, 0.4) is 0 Å². The van der Waals surface area contributed by atoms with Gasteiger partial charge >= 0.3 is 0 Å². The van der Waals surface area contributed by atoms with Crippen LogP contribution in [-0.2, 0) is 9.84 Å². The highest BCUT2D eigenvalue weighted by molar-refractivity contribution is 8.00. The van der Waals surface area contributed by atoms with E-state index in [0.29, 0.717) is 21.7 Å². The van der Waals surface area contributed by atoms with Crippen molar-refractivity contribution in [2.45, 2.75) is 23.9 Å². The van der Waals surface area contributed by atoms with Gasteiger partial charge in [0.1, 0.15) is 10.6 Å². The molecule has 2 aromatic heterocycles. The molecule has 0 radical (unpaired) electrons. The molecule has 0 saturated carbocycles. The fourth-order valence-corrected chi connectivity index (χ4v) is 6.05. The largest absolute Gasteiger partial charge is 0.383 e. The first-order valence-corrected chi connectivity index (χ1v) is 11.3. The van der Waals surface area contributed by atoms with Crippen molar-refractivity contribution < 1.29 is 8.42 Å². The molecule has 2 heterocycles. The summed E-state index contributed by atoms with van der Waals surface area (Å²) in [5, 5.41) is 1.89. The Labute approximate surface area is 159 Å². The van der Waals surface area contributed by atoms with Crippen molar-refractivity contribution in [2.75, 3.05) is 17.2 Å². The van der Waals surface area contributed by atoms with Crippen molar-refractivity contribution in [1.29, 1.82) is 0 Å². The van der Waals surface area contributed by atoms with E-state index >= 15 is 0 Å². The van der Waals surface area contributed by atoms with Gasteiger partial charge in [0.05, 0.1) is 16.0 Å². The van der Waals surface area contributed by atoms with E-state index in [4.69, 9.17) is 17.3 Å². The monoisotopic (exact) mass is 413 g/mol. The van der Waals surface area contributed by atoms with Crippen LogP contribution in [0.4, 0.5) is 5.82 Å². The molecule has 0 fully saturated rings. The van der Waals surface area contributed by atoms with Gasteiger partial charge in [-0.3, -0.25) is 0 Å². The van der Waals surface area contributed by atoms with Gasteiger partial charge < -0.3 is 5.73 Å². The molecule has 25 heavy (non-hydrogen) atoms. The second kappa shape index (κ2) is 7.11. The Morgan fingerprint density at radius 2 is 1.88 bits per heavy atom. The number of nitrogen functional groups attached to an aromatic ring is 1. The first-order chi connectivity index (χ1) is 11.8. The van der Waals surface area contributed by atoms with Crippen LogP contribution in [0.5, 0.6) is 0 Å². The van der Waals surface area contributed by atoms with Crippen LogP contribution in [0.2, 0.25) is 5.02 Å². The summed E-state index contributed by atoms with van der Waals surface area (Å²) < 4.78 is 24.7. The van der Waals surface area contributed by atoms with Gasteiger partial charge in [0, 0.05) is 15.7 Å². The second-order valence-electron chi connectivity index (χ2n) is 5.48. The number of hydrogen-bond acceptors (Lipinski definition) is 7. The molecule has 0 atom stereocenters. The Balaban J connectivity index is 1.73. The highest BCUT2D eigenvalue weighted by Crippen LogP contribution is 2.33. The van der Waals surface area contributed by atoms with Crippen molar-refractivity contribution in [3.8, 4) is 0 Å². The van der Waals surface area contributed by atoms with E-state index in [9.17, 15) is 8.42 Å². The Hall–Kier alpha value is -1.35. The number of nitrogens with two attached hydrogens (primary N) is 1. The Morgan fingerprint density at radius 3 is 2.56 bits per heavy atom. The average Bonchev–Trinajstić information content (AvgIpc) is 2.82. The van der Waals surface area contributed by atoms with Gasteiger partial charge in [-0.25, -0.2) is 18.4 Å². The van der Waals surface area contributed by atoms with Crippen LogP contribution in [0.15, 0.2) is 34.3 Å². The lowest BCUT2D eigenvalue weighted by molar-refractivity contribution is 0.597. The van der Waals surface area contributed by atoms with Crippen LogP contribution in [0.25, 0.3) is 10.2 Å². The van der Waals surface area contributed by atoms with Crippen LogP contribution in [-0.4, -0.2) is 29.9 Å². The van der Waals surface area contributed by atoms with E-state index in [1.165, 1.54) is 23.9 Å². The van der Waals surface area contributed by atoms with E-state index in [-0.39, 0.29) is 10.6 Å². The lowest BCUT2D eigenvalue weighted by Gasteiger charge is -2.05. The number of halogens is 1. The van der Waals surface area contributed by atoms with Crippen LogP contribution >= 0.6 is 34.7 Å². The highest BCUT2D eigenvalue weighted by atomic mass is 35.5. The SMILES string of the molecule is Cc1sc2nc(SCCS(=O)(=O)c3ccc(Cl)cc3)nc(N)c2c1C. The maximum atomic E-state index is 12.3. The summed E-state index contributed by atoms with van der Waals surface area (Å²) >= 11 is 8.65. The van der Waals surface area contributed by atoms with Gasteiger partial charge in [0.25, 0.3) is 0 Å². The van der Waals surface area contributed by atoms with Crippen molar-refractivity contribution in [2.24, 2.45) is 0 Å². The van der Waals surface area contributed by atoms with Crippen molar-refractivity contribution >= 4 is 60.6 Å². The molecule has 0 amide bonds. The molecule has 2 N–H and O–H groups in total. The molecule has 0 aliphatic rings. The molecule has 0 saturated heterocycles. The summed E-state index contributed by atoms with van der Waals surface area (Å²) in [6.45, 7) is 4.02. The zero-order chi connectivity index (χ0) is 18.2. The molecule has 0 unspecified atom stereocenters.